The molecule has 2 aliphatic carbocycles. The minimum atomic E-state index is -0.725. The zero-order valence-corrected chi connectivity index (χ0v) is 48.5. The minimum Gasteiger partial charge on any atom is -0.309 e. The van der Waals surface area contributed by atoms with Crippen molar-refractivity contribution in [3.8, 4) is 22.3 Å². The van der Waals surface area contributed by atoms with Crippen molar-refractivity contribution in [1.29, 1.82) is 0 Å². The first-order valence-electron chi connectivity index (χ1n) is 29.8. The van der Waals surface area contributed by atoms with Gasteiger partial charge in [0.25, 0.3) is 0 Å². The SMILES string of the molecule is CC(C)(C)C1(C2(C(C)(C)C)c3ccccc3-c3c2cc(N(c2cccc4ccccc24)c2cccc4ccccc24)c2ccccc32)c2ccccc2-c2c1cc(N(c1cccc3ccccc13)c1cccc3ccccc13)c1ccccc21. The van der Waals surface area contributed by atoms with Gasteiger partial charge in [0.1, 0.15) is 0 Å². The fraction of sp³-hybridized carbons (Fsp3) is 0.122. The molecule has 0 bridgehead atoms. The van der Waals surface area contributed by atoms with E-state index in [2.05, 4.69) is 330 Å². The molecule has 0 saturated heterocycles. The lowest BCUT2D eigenvalue weighted by Crippen LogP contribution is -2.62. The molecule has 16 rings (SSSR count). The van der Waals surface area contributed by atoms with E-state index in [0.717, 1.165) is 34.1 Å². The number of nitrogens with zero attached hydrogens (tertiary/aromatic N) is 2. The van der Waals surface area contributed by atoms with Gasteiger partial charge in [0.15, 0.2) is 0 Å². The number of hydrogen-bond donors (Lipinski definition) is 0. The number of rotatable bonds is 7. The van der Waals surface area contributed by atoms with Crippen molar-refractivity contribution < 1.29 is 0 Å². The fourth-order valence-electron chi connectivity index (χ4n) is 16.5. The molecule has 0 aromatic heterocycles. The number of fused-ring (bicyclic) bond motifs is 14. The standard InChI is InChI=1S/C82H64N2/c1-79(2,3)81(67-45-21-19-43-65(67)77-63-41-17-15-39-61(63)75(51-69(77)81)83(71-47-23-31-53-27-7-11-35-57(53)71)72-48-24-32-54-28-8-12-36-58(54)72)82(80(4,5)6)68-46-22-20-44-66(68)78-64-42-18-16-40-62(64)76(52-70(78)82)84(73-49-25-33-55-29-9-13-37-59(55)73)74-50-26-34-56-30-10-14-38-60(56)74/h7-52H,1-6H3. The number of hydrogen-bond acceptors (Lipinski definition) is 2. The first-order valence-corrected chi connectivity index (χ1v) is 29.8. The van der Waals surface area contributed by atoms with E-state index < -0.39 is 21.7 Å². The maximum absolute atomic E-state index is 2.68. The van der Waals surface area contributed by atoms with Crippen LogP contribution >= 0.6 is 0 Å². The Labute approximate surface area is 492 Å². The number of benzene rings is 14. The van der Waals surface area contributed by atoms with Crippen molar-refractivity contribution in [2.75, 3.05) is 9.80 Å². The van der Waals surface area contributed by atoms with Crippen LogP contribution in [0, 0.1) is 10.8 Å². The lowest BCUT2D eigenvalue weighted by Gasteiger charge is -2.62. The predicted molar refractivity (Wildman–Crippen MR) is 359 cm³/mol. The summed E-state index contributed by atoms with van der Waals surface area (Å²) in [5.74, 6) is 0. The van der Waals surface area contributed by atoms with Gasteiger partial charge in [-0.2, -0.15) is 0 Å². The largest absolute Gasteiger partial charge is 0.309 e. The Hall–Kier alpha value is -9.76. The monoisotopic (exact) mass is 1080 g/mol. The van der Waals surface area contributed by atoms with Crippen LogP contribution in [-0.4, -0.2) is 0 Å². The Morgan fingerprint density at radius 1 is 0.226 bits per heavy atom. The molecule has 2 atom stereocenters. The first kappa shape index (κ1) is 50.0. The Kier molecular flexibility index (Phi) is 10.9. The molecule has 2 aliphatic rings. The van der Waals surface area contributed by atoms with E-state index in [9.17, 15) is 0 Å². The third-order valence-corrected chi connectivity index (χ3v) is 19.4. The van der Waals surface area contributed by atoms with Crippen molar-refractivity contribution in [1.82, 2.24) is 0 Å². The molecule has 84 heavy (non-hydrogen) atoms. The van der Waals surface area contributed by atoms with Crippen LogP contribution < -0.4 is 9.80 Å². The van der Waals surface area contributed by atoms with E-state index in [4.69, 9.17) is 0 Å². The van der Waals surface area contributed by atoms with Gasteiger partial charge in [-0.25, -0.2) is 0 Å². The van der Waals surface area contributed by atoms with Gasteiger partial charge in [0.2, 0.25) is 0 Å². The lowest BCUT2D eigenvalue weighted by atomic mass is 9.39. The van der Waals surface area contributed by atoms with Crippen molar-refractivity contribution >= 4 is 98.8 Å². The summed E-state index contributed by atoms with van der Waals surface area (Å²) < 4.78 is 0. The molecule has 0 fully saturated rings. The minimum absolute atomic E-state index is 0.434. The summed E-state index contributed by atoms with van der Waals surface area (Å²) in [5.41, 5.74) is 15.2. The van der Waals surface area contributed by atoms with Gasteiger partial charge in [-0.1, -0.05) is 284 Å². The first-order chi connectivity index (χ1) is 41.0. The second-order valence-corrected chi connectivity index (χ2v) is 25.5. The van der Waals surface area contributed by atoms with E-state index in [0.29, 0.717) is 0 Å². The van der Waals surface area contributed by atoms with Crippen molar-refractivity contribution in [2.45, 2.75) is 52.4 Å². The van der Waals surface area contributed by atoms with Crippen LogP contribution in [0.1, 0.15) is 63.8 Å². The third kappa shape index (κ3) is 6.74. The molecule has 0 amide bonds. The van der Waals surface area contributed by atoms with Crippen LogP contribution in [-0.2, 0) is 10.8 Å². The topological polar surface area (TPSA) is 6.48 Å². The van der Waals surface area contributed by atoms with Gasteiger partial charge in [-0.3, -0.25) is 0 Å². The van der Waals surface area contributed by atoms with Crippen molar-refractivity contribution in [2.24, 2.45) is 10.8 Å². The molecule has 0 saturated carbocycles. The van der Waals surface area contributed by atoms with Crippen LogP contribution in [0.2, 0.25) is 0 Å². The van der Waals surface area contributed by atoms with Crippen molar-refractivity contribution in [3.05, 3.63) is 301 Å². The van der Waals surface area contributed by atoms with Gasteiger partial charge < -0.3 is 9.80 Å². The van der Waals surface area contributed by atoms with Gasteiger partial charge in [0, 0.05) is 43.1 Å². The highest BCUT2D eigenvalue weighted by atomic mass is 15.2. The average molecular weight is 1080 g/mol. The summed E-state index contributed by atoms with van der Waals surface area (Å²) in [6.45, 7) is 15.3. The number of anilines is 6. The molecular weight excluding hydrogens is 1010 g/mol. The van der Waals surface area contributed by atoms with Gasteiger partial charge in [-0.15, -0.1) is 0 Å². The summed E-state index contributed by atoms with van der Waals surface area (Å²) in [6.07, 6.45) is 0. The molecule has 0 heterocycles. The molecule has 402 valence electrons. The highest BCUT2D eigenvalue weighted by Gasteiger charge is 2.71. The highest BCUT2D eigenvalue weighted by molar-refractivity contribution is 6.17. The van der Waals surface area contributed by atoms with Crippen LogP contribution in [0.4, 0.5) is 34.1 Å². The molecule has 2 nitrogen and oxygen atoms in total. The van der Waals surface area contributed by atoms with Gasteiger partial charge >= 0.3 is 0 Å². The Morgan fingerprint density at radius 3 is 0.786 bits per heavy atom. The zero-order valence-electron chi connectivity index (χ0n) is 48.5. The van der Waals surface area contributed by atoms with Crippen LogP contribution in [0.5, 0.6) is 0 Å². The normalized spacial score (nSPS) is 16.3. The maximum Gasteiger partial charge on any atom is 0.0544 e. The van der Waals surface area contributed by atoms with Gasteiger partial charge in [0.05, 0.1) is 34.1 Å². The zero-order chi connectivity index (χ0) is 56.7. The molecular formula is C82H64N2. The second kappa shape index (κ2) is 18.4. The smallest absolute Gasteiger partial charge is 0.0544 e. The molecule has 0 radical (unpaired) electrons. The Balaban J connectivity index is 1.10. The lowest BCUT2D eigenvalue weighted by molar-refractivity contribution is 0.0595. The predicted octanol–water partition coefficient (Wildman–Crippen LogP) is 22.9. The maximum atomic E-state index is 2.68. The van der Waals surface area contributed by atoms with Crippen LogP contribution in [0.15, 0.2) is 279 Å². The summed E-state index contributed by atoms with van der Waals surface area (Å²) in [7, 11) is 0. The Morgan fingerprint density at radius 2 is 0.476 bits per heavy atom. The quantitative estimate of drug-likeness (QED) is 0.157. The fourth-order valence-corrected chi connectivity index (χ4v) is 16.5. The summed E-state index contributed by atoms with van der Waals surface area (Å²) in [5, 5.41) is 14.6. The average Bonchev–Trinajstić information content (AvgIpc) is 1.46. The molecule has 2 unspecified atom stereocenters. The summed E-state index contributed by atoms with van der Waals surface area (Å²) >= 11 is 0. The molecule has 14 aromatic carbocycles. The molecule has 0 aliphatic heterocycles. The third-order valence-electron chi connectivity index (χ3n) is 19.4. The van der Waals surface area contributed by atoms with Crippen LogP contribution in [0.25, 0.3) is 86.9 Å². The molecule has 0 N–H and O–H groups in total. The molecule has 0 spiro atoms. The van der Waals surface area contributed by atoms with E-state index in [-0.39, 0.29) is 0 Å². The van der Waals surface area contributed by atoms with Crippen molar-refractivity contribution in [3.63, 3.8) is 0 Å². The molecule has 14 aromatic rings. The second-order valence-electron chi connectivity index (χ2n) is 25.5. The van der Waals surface area contributed by atoms with E-state index in [1.165, 1.54) is 109 Å². The summed E-state index contributed by atoms with van der Waals surface area (Å²) in [6, 6.07) is 106. The highest BCUT2D eigenvalue weighted by Crippen LogP contribution is 2.76. The van der Waals surface area contributed by atoms with E-state index in [1.54, 1.807) is 0 Å². The van der Waals surface area contributed by atoms with E-state index in [1.807, 2.05) is 0 Å². The molecule has 2 heteroatoms. The summed E-state index contributed by atoms with van der Waals surface area (Å²) in [4.78, 5) is 5.23. The Bertz CT molecular complexity index is 4530. The van der Waals surface area contributed by atoms with Gasteiger partial charge in [-0.05, 0) is 124 Å². The van der Waals surface area contributed by atoms with E-state index >= 15 is 0 Å². The van der Waals surface area contributed by atoms with Crippen LogP contribution in [0.3, 0.4) is 0 Å².